The number of carbonyl (C=O) groups is 1. The molecule has 0 spiro atoms. The number of aryl methyl sites for hydroxylation is 3. The molecule has 146 valence electrons. The Kier molecular flexibility index (Phi) is 5.91. The Balaban J connectivity index is 1.28. The number of hydrogen-bond donors (Lipinski definition) is 2. The van der Waals surface area contributed by atoms with Crippen molar-refractivity contribution in [3.05, 3.63) is 83.9 Å². The molecule has 4 rings (SSSR count). The lowest BCUT2D eigenvalue weighted by atomic mass is 10.1. The van der Waals surface area contributed by atoms with Crippen LogP contribution in [0.3, 0.4) is 0 Å². The van der Waals surface area contributed by atoms with Crippen LogP contribution in [0.2, 0.25) is 0 Å². The number of amides is 1. The molecule has 0 radical (unpaired) electrons. The fraction of sp³-hybridized carbons (Fsp3) is 0.174. The van der Waals surface area contributed by atoms with Crippen LogP contribution in [0.1, 0.15) is 17.0 Å². The van der Waals surface area contributed by atoms with E-state index in [0.29, 0.717) is 5.75 Å². The number of imidazole rings is 1. The Hall–Kier alpha value is -3.12. The first-order valence-electron chi connectivity index (χ1n) is 9.52. The highest BCUT2D eigenvalue weighted by Gasteiger charge is 2.06. The number of anilines is 1. The third kappa shape index (κ3) is 5.23. The lowest BCUT2D eigenvalue weighted by Crippen LogP contribution is -2.13. The Morgan fingerprint density at radius 3 is 2.62 bits per heavy atom. The molecule has 2 aromatic carbocycles. The van der Waals surface area contributed by atoms with Crippen LogP contribution in [-0.2, 0) is 17.6 Å². The molecular formula is C23H22N4OS. The van der Waals surface area contributed by atoms with Crippen LogP contribution in [0.4, 0.5) is 5.69 Å². The van der Waals surface area contributed by atoms with E-state index in [1.807, 2.05) is 24.3 Å². The van der Waals surface area contributed by atoms with Gasteiger partial charge in [-0.1, -0.05) is 18.2 Å². The van der Waals surface area contributed by atoms with E-state index in [-0.39, 0.29) is 5.91 Å². The standard InChI is InChI=1S/C23H22N4OS/c1-16-2-8-20-21(14-16)27-22(26-20)9-5-17-3-6-18(7-4-17)25-23(28)15-29-19-10-12-24-13-11-19/h2-4,6-8,10-14H,5,9,15H2,1H3,(H,25,28)(H,26,27). The van der Waals surface area contributed by atoms with Gasteiger partial charge in [-0.05, 0) is 60.9 Å². The van der Waals surface area contributed by atoms with E-state index in [1.54, 1.807) is 12.4 Å². The lowest BCUT2D eigenvalue weighted by Gasteiger charge is -2.06. The SMILES string of the molecule is Cc1ccc2nc(CCc3ccc(NC(=O)CSc4ccncc4)cc3)[nH]c2c1. The zero-order valence-electron chi connectivity index (χ0n) is 16.2. The van der Waals surface area contributed by atoms with Crippen molar-refractivity contribution in [2.45, 2.75) is 24.7 Å². The molecule has 0 aliphatic carbocycles. The molecule has 0 aliphatic rings. The number of nitrogens with one attached hydrogen (secondary N) is 2. The fourth-order valence-corrected chi connectivity index (χ4v) is 3.78. The van der Waals surface area contributed by atoms with Crippen molar-refractivity contribution in [2.75, 3.05) is 11.1 Å². The third-order valence-electron chi connectivity index (χ3n) is 4.59. The maximum absolute atomic E-state index is 12.1. The van der Waals surface area contributed by atoms with Gasteiger partial charge in [-0.25, -0.2) is 4.98 Å². The maximum Gasteiger partial charge on any atom is 0.234 e. The van der Waals surface area contributed by atoms with Crippen molar-refractivity contribution in [1.82, 2.24) is 15.0 Å². The van der Waals surface area contributed by atoms with Crippen LogP contribution in [0.15, 0.2) is 71.9 Å². The average molecular weight is 403 g/mol. The zero-order valence-corrected chi connectivity index (χ0v) is 17.0. The smallest absolute Gasteiger partial charge is 0.234 e. The van der Waals surface area contributed by atoms with E-state index in [9.17, 15) is 4.79 Å². The number of benzene rings is 2. The first kappa shape index (κ1) is 19.2. The summed E-state index contributed by atoms with van der Waals surface area (Å²) in [7, 11) is 0. The van der Waals surface area contributed by atoms with Gasteiger partial charge in [0.2, 0.25) is 5.91 Å². The molecule has 2 N–H and O–H groups in total. The summed E-state index contributed by atoms with van der Waals surface area (Å²) in [6, 6.07) is 18.1. The highest BCUT2D eigenvalue weighted by molar-refractivity contribution is 8.00. The lowest BCUT2D eigenvalue weighted by molar-refractivity contribution is -0.113. The molecule has 6 heteroatoms. The summed E-state index contributed by atoms with van der Waals surface area (Å²) in [5.74, 6) is 1.35. The van der Waals surface area contributed by atoms with Gasteiger partial charge in [-0.15, -0.1) is 11.8 Å². The summed E-state index contributed by atoms with van der Waals surface area (Å²) in [6.45, 7) is 2.08. The van der Waals surface area contributed by atoms with Crippen molar-refractivity contribution < 1.29 is 4.79 Å². The molecular weight excluding hydrogens is 380 g/mol. The quantitative estimate of drug-likeness (QED) is 0.436. The number of fused-ring (bicyclic) bond motifs is 1. The van der Waals surface area contributed by atoms with Gasteiger partial charge in [0.05, 0.1) is 16.8 Å². The Morgan fingerprint density at radius 2 is 1.83 bits per heavy atom. The van der Waals surface area contributed by atoms with Crippen LogP contribution >= 0.6 is 11.8 Å². The van der Waals surface area contributed by atoms with E-state index >= 15 is 0 Å². The predicted octanol–water partition coefficient (Wildman–Crippen LogP) is 4.78. The molecule has 5 nitrogen and oxygen atoms in total. The second-order valence-electron chi connectivity index (χ2n) is 6.92. The molecule has 0 unspecified atom stereocenters. The Morgan fingerprint density at radius 1 is 1.03 bits per heavy atom. The van der Waals surface area contributed by atoms with Crippen LogP contribution < -0.4 is 5.32 Å². The summed E-state index contributed by atoms with van der Waals surface area (Å²) in [6.07, 6.45) is 5.20. The minimum atomic E-state index is -0.0165. The van der Waals surface area contributed by atoms with Gasteiger partial charge in [-0.3, -0.25) is 9.78 Å². The Bertz CT molecular complexity index is 1110. The predicted molar refractivity (Wildman–Crippen MR) is 118 cm³/mol. The maximum atomic E-state index is 12.1. The second-order valence-corrected chi connectivity index (χ2v) is 7.97. The molecule has 0 fully saturated rings. The normalized spacial score (nSPS) is 10.9. The van der Waals surface area contributed by atoms with Crippen molar-refractivity contribution in [3.63, 3.8) is 0 Å². The molecule has 1 amide bonds. The van der Waals surface area contributed by atoms with Crippen molar-refractivity contribution in [2.24, 2.45) is 0 Å². The number of pyridine rings is 1. The number of aromatic amines is 1. The fourth-order valence-electron chi connectivity index (χ4n) is 3.09. The van der Waals surface area contributed by atoms with Crippen LogP contribution in [0.25, 0.3) is 11.0 Å². The van der Waals surface area contributed by atoms with E-state index in [4.69, 9.17) is 0 Å². The monoisotopic (exact) mass is 402 g/mol. The summed E-state index contributed by atoms with van der Waals surface area (Å²) >= 11 is 1.50. The number of rotatable bonds is 7. The van der Waals surface area contributed by atoms with E-state index in [1.165, 1.54) is 22.9 Å². The molecule has 29 heavy (non-hydrogen) atoms. The molecule has 0 saturated carbocycles. The van der Waals surface area contributed by atoms with E-state index in [2.05, 4.69) is 57.5 Å². The molecule has 0 saturated heterocycles. The van der Waals surface area contributed by atoms with Gasteiger partial charge in [0.1, 0.15) is 5.82 Å². The van der Waals surface area contributed by atoms with Crippen LogP contribution in [0, 0.1) is 6.92 Å². The van der Waals surface area contributed by atoms with Crippen molar-refractivity contribution >= 4 is 34.4 Å². The minimum Gasteiger partial charge on any atom is -0.342 e. The number of hydrogen-bond acceptors (Lipinski definition) is 4. The van der Waals surface area contributed by atoms with E-state index in [0.717, 1.165) is 40.3 Å². The van der Waals surface area contributed by atoms with Gasteiger partial charge in [-0.2, -0.15) is 0 Å². The van der Waals surface area contributed by atoms with Crippen molar-refractivity contribution in [3.8, 4) is 0 Å². The number of H-pyrrole nitrogens is 1. The highest BCUT2D eigenvalue weighted by atomic mass is 32.2. The zero-order chi connectivity index (χ0) is 20.1. The summed E-state index contributed by atoms with van der Waals surface area (Å²) in [5, 5.41) is 2.94. The minimum absolute atomic E-state index is 0.0165. The van der Waals surface area contributed by atoms with E-state index < -0.39 is 0 Å². The Labute approximate surface area is 174 Å². The van der Waals surface area contributed by atoms with Gasteiger partial charge in [0.25, 0.3) is 0 Å². The topological polar surface area (TPSA) is 70.7 Å². The number of aromatic nitrogens is 3. The number of thioether (sulfide) groups is 1. The van der Waals surface area contributed by atoms with Gasteiger partial charge >= 0.3 is 0 Å². The van der Waals surface area contributed by atoms with Gasteiger partial charge in [0.15, 0.2) is 0 Å². The van der Waals surface area contributed by atoms with Crippen LogP contribution in [0.5, 0.6) is 0 Å². The van der Waals surface area contributed by atoms with Gasteiger partial charge in [0, 0.05) is 29.4 Å². The molecule has 2 aromatic heterocycles. The van der Waals surface area contributed by atoms with Gasteiger partial charge < -0.3 is 10.3 Å². The average Bonchev–Trinajstić information content (AvgIpc) is 3.14. The number of nitrogens with zero attached hydrogens (tertiary/aromatic N) is 2. The second kappa shape index (κ2) is 8.92. The molecule has 0 atom stereocenters. The molecule has 0 aliphatic heterocycles. The largest absolute Gasteiger partial charge is 0.342 e. The summed E-state index contributed by atoms with van der Waals surface area (Å²) in [4.78, 5) is 25.2. The molecule has 0 bridgehead atoms. The first-order chi connectivity index (χ1) is 14.2. The van der Waals surface area contributed by atoms with Crippen molar-refractivity contribution in [1.29, 1.82) is 0 Å². The molecule has 2 heterocycles. The number of carbonyl (C=O) groups excluding carboxylic acids is 1. The summed E-state index contributed by atoms with van der Waals surface area (Å²) < 4.78 is 0. The summed E-state index contributed by atoms with van der Waals surface area (Å²) in [5.41, 5.74) is 5.35. The van der Waals surface area contributed by atoms with Crippen LogP contribution in [-0.4, -0.2) is 26.6 Å². The first-order valence-corrected chi connectivity index (χ1v) is 10.5. The molecule has 4 aromatic rings. The highest BCUT2D eigenvalue weighted by Crippen LogP contribution is 2.18. The third-order valence-corrected chi connectivity index (χ3v) is 5.61.